The number of hydrogen-bond acceptors (Lipinski definition) is 7. The highest BCUT2D eigenvalue weighted by Gasteiger charge is 2.36. The molecule has 2 aliphatic heterocycles. The normalized spacial score (nSPS) is 15.9. The second-order valence-corrected chi connectivity index (χ2v) is 13.4. The van der Waals surface area contributed by atoms with Gasteiger partial charge in [0.15, 0.2) is 5.13 Å². The molecule has 1 atom stereocenters. The number of benzene rings is 3. The molecule has 0 bridgehead atoms. The highest BCUT2D eigenvalue weighted by Crippen LogP contribution is 2.45. The van der Waals surface area contributed by atoms with Gasteiger partial charge in [-0.15, -0.1) is 22.9 Å². The Morgan fingerprint density at radius 2 is 1.87 bits per heavy atom. The van der Waals surface area contributed by atoms with Crippen LogP contribution in [-0.2, 0) is 11.2 Å². The van der Waals surface area contributed by atoms with E-state index in [1.807, 2.05) is 57.2 Å². The molecule has 0 spiro atoms. The van der Waals surface area contributed by atoms with E-state index in [1.165, 1.54) is 0 Å². The summed E-state index contributed by atoms with van der Waals surface area (Å²) in [5, 5.41) is 17.8. The Kier molecular flexibility index (Phi) is 6.97. The van der Waals surface area contributed by atoms with E-state index in [9.17, 15) is 19.5 Å². The zero-order valence-electron chi connectivity index (χ0n) is 24.8. The Balaban J connectivity index is 1.10. The van der Waals surface area contributed by atoms with Gasteiger partial charge in [0.25, 0.3) is 11.8 Å². The third-order valence-electron chi connectivity index (χ3n) is 8.14. The number of hydrogen-bond donors (Lipinski definition) is 3. The van der Waals surface area contributed by atoms with Gasteiger partial charge in [-0.05, 0) is 61.9 Å². The lowest BCUT2D eigenvalue weighted by Crippen LogP contribution is -2.35. The molecule has 0 radical (unpaired) electrons. The molecule has 10 nitrogen and oxygen atoms in total. The molecule has 0 aliphatic carbocycles. The maximum atomic E-state index is 13.7. The number of aromatic nitrogens is 2. The summed E-state index contributed by atoms with van der Waals surface area (Å²) >= 11 is 7.48. The Hall–Kier alpha value is -4.61. The lowest BCUT2D eigenvalue weighted by molar-refractivity contribution is 0.0583. The second kappa shape index (κ2) is 10.8. The molecule has 7 rings (SSSR count). The van der Waals surface area contributed by atoms with Crippen LogP contribution in [0.3, 0.4) is 0 Å². The van der Waals surface area contributed by atoms with Crippen molar-refractivity contribution in [3.8, 4) is 5.75 Å². The lowest BCUT2D eigenvalue weighted by atomic mass is 9.95. The molecule has 3 amide bonds. The molecule has 3 N–H and O–H groups in total. The topological polar surface area (TPSA) is 128 Å². The number of nitrogens with zero attached hydrogens (tertiary/aromatic N) is 3. The largest absolute Gasteiger partial charge is 0.507 e. The van der Waals surface area contributed by atoms with Crippen LogP contribution >= 0.6 is 22.9 Å². The van der Waals surface area contributed by atoms with Crippen LogP contribution in [0, 0.1) is 0 Å². The van der Waals surface area contributed by atoms with Crippen LogP contribution < -0.4 is 15.1 Å². The van der Waals surface area contributed by atoms with Gasteiger partial charge in [-0.3, -0.25) is 19.8 Å². The van der Waals surface area contributed by atoms with Crippen molar-refractivity contribution in [1.29, 1.82) is 0 Å². The first-order valence-electron chi connectivity index (χ1n) is 14.6. The van der Waals surface area contributed by atoms with Crippen molar-refractivity contribution in [3.05, 3.63) is 76.4 Å². The van der Waals surface area contributed by atoms with E-state index < -0.39 is 17.6 Å². The van der Waals surface area contributed by atoms with Crippen LogP contribution in [0.25, 0.3) is 21.7 Å². The number of phenolic OH excluding ortho intramolecular Hbond substituents is 1. The third kappa shape index (κ3) is 5.05. The average molecular weight is 644 g/mol. The Bertz CT molecular complexity index is 2030. The maximum absolute atomic E-state index is 13.7. The van der Waals surface area contributed by atoms with Gasteiger partial charge in [0.2, 0.25) is 0 Å². The van der Waals surface area contributed by atoms with Gasteiger partial charge >= 0.3 is 6.09 Å². The van der Waals surface area contributed by atoms with Crippen molar-refractivity contribution in [2.75, 3.05) is 34.1 Å². The monoisotopic (exact) mass is 643 g/mol. The first-order chi connectivity index (χ1) is 21.5. The smallest absolute Gasteiger partial charge is 0.414 e. The number of thiazole rings is 1. The number of nitrogens with one attached hydrogen (secondary N) is 2. The number of aromatic amines is 1. The second-order valence-electron chi connectivity index (χ2n) is 12.2. The zero-order chi connectivity index (χ0) is 31.6. The van der Waals surface area contributed by atoms with Crippen molar-refractivity contribution in [1.82, 2.24) is 9.97 Å². The first kappa shape index (κ1) is 29.1. The Labute approximate surface area is 267 Å². The minimum absolute atomic E-state index is 0.0881. The molecular weight excluding hydrogens is 614 g/mol. The van der Waals surface area contributed by atoms with Crippen molar-refractivity contribution in [2.45, 2.75) is 38.7 Å². The molecule has 0 saturated heterocycles. The number of aromatic hydroxyl groups is 1. The van der Waals surface area contributed by atoms with Gasteiger partial charge in [-0.1, -0.05) is 24.3 Å². The first-order valence-corrected chi connectivity index (χ1v) is 16.0. The number of alkyl halides is 1. The molecule has 3 aromatic carbocycles. The Morgan fingerprint density at radius 3 is 2.62 bits per heavy atom. The van der Waals surface area contributed by atoms with Crippen molar-refractivity contribution in [3.63, 3.8) is 0 Å². The lowest BCUT2D eigenvalue weighted by Gasteiger charge is -2.24. The van der Waals surface area contributed by atoms with E-state index in [-0.39, 0.29) is 28.4 Å². The van der Waals surface area contributed by atoms with Crippen molar-refractivity contribution in [2.24, 2.45) is 0 Å². The summed E-state index contributed by atoms with van der Waals surface area (Å²) < 4.78 is 5.57. The van der Waals surface area contributed by atoms with E-state index in [4.69, 9.17) is 16.3 Å². The van der Waals surface area contributed by atoms with E-state index in [1.54, 1.807) is 27.3 Å². The summed E-state index contributed by atoms with van der Waals surface area (Å²) in [7, 11) is 0. The standard InChI is InChI=1S/C33H30ClN5O5S/c1-33(2,3)44-32(43)38-11-10-18-21-12-23(35-22(21)8-9-25(18)38)29(41)37-31-36-24(16-45-31)30(42)39-15-17(14-34)28-20-7-5-4-6-19(20)27(40)13-26(28)39/h4-9,12-13,16-17,35,40H,10-11,14-15H2,1-3H3,(H,36,37,41)/t17-/m1/s1. The molecule has 0 unspecified atom stereocenters. The van der Waals surface area contributed by atoms with Crippen LogP contribution in [-0.4, -0.2) is 57.6 Å². The molecule has 5 aromatic rings. The van der Waals surface area contributed by atoms with Gasteiger partial charge in [0, 0.05) is 52.6 Å². The number of carbonyl (C=O) groups excluding carboxylic acids is 3. The fourth-order valence-electron chi connectivity index (χ4n) is 6.22. The number of rotatable bonds is 4. The minimum Gasteiger partial charge on any atom is -0.507 e. The van der Waals surface area contributed by atoms with Gasteiger partial charge in [0.05, 0.1) is 11.4 Å². The summed E-state index contributed by atoms with van der Waals surface area (Å²) in [6.07, 6.45) is 0.240. The van der Waals surface area contributed by atoms with Crippen LogP contribution in [0.15, 0.2) is 53.9 Å². The van der Waals surface area contributed by atoms with Crippen LogP contribution in [0.1, 0.15) is 58.8 Å². The number of phenols is 1. The van der Waals surface area contributed by atoms with Gasteiger partial charge in [-0.25, -0.2) is 9.78 Å². The summed E-state index contributed by atoms with van der Waals surface area (Å²) in [5.74, 6) is -0.443. The van der Waals surface area contributed by atoms with Crippen LogP contribution in [0.2, 0.25) is 0 Å². The molecule has 2 aliphatic rings. The molecule has 45 heavy (non-hydrogen) atoms. The maximum Gasteiger partial charge on any atom is 0.414 e. The van der Waals surface area contributed by atoms with E-state index in [0.29, 0.717) is 42.2 Å². The molecule has 0 saturated carbocycles. The summed E-state index contributed by atoms with van der Waals surface area (Å²) in [6.45, 7) is 6.35. The van der Waals surface area contributed by atoms with Crippen LogP contribution in [0.4, 0.5) is 21.3 Å². The molecule has 2 aromatic heterocycles. The molecular formula is C33H30ClN5O5S. The van der Waals surface area contributed by atoms with Crippen molar-refractivity contribution >= 4 is 79.0 Å². The van der Waals surface area contributed by atoms with E-state index in [2.05, 4.69) is 15.3 Å². The molecule has 0 fully saturated rings. The molecule has 4 heterocycles. The SMILES string of the molecule is CC(C)(C)OC(=O)N1CCc2c1ccc1[nH]c(C(=O)Nc3nc(C(=O)N4C[C@@H](CCl)c5c4cc(O)c4ccccc54)cs3)cc21. The van der Waals surface area contributed by atoms with E-state index in [0.717, 1.165) is 44.4 Å². The fraction of sp³-hybridized carbons (Fsp3) is 0.273. The Morgan fingerprint density at radius 1 is 1.09 bits per heavy atom. The fourth-order valence-corrected chi connectivity index (χ4v) is 7.15. The highest BCUT2D eigenvalue weighted by atomic mass is 35.5. The number of H-pyrrole nitrogens is 1. The minimum atomic E-state index is -0.604. The summed E-state index contributed by atoms with van der Waals surface area (Å²) in [5.41, 5.74) is 3.96. The number of halogens is 1. The molecule has 230 valence electrons. The predicted molar refractivity (Wildman–Crippen MR) is 176 cm³/mol. The number of carbonyl (C=O) groups is 3. The van der Waals surface area contributed by atoms with Gasteiger partial charge < -0.3 is 19.7 Å². The third-order valence-corrected chi connectivity index (χ3v) is 9.28. The zero-order valence-corrected chi connectivity index (χ0v) is 26.4. The number of fused-ring (bicyclic) bond motifs is 6. The van der Waals surface area contributed by atoms with Gasteiger partial charge in [-0.2, -0.15) is 0 Å². The highest BCUT2D eigenvalue weighted by molar-refractivity contribution is 7.14. The van der Waals surface area contributed by atoms with Crippen LogP contribution in [0.5, 0.6) is 5.75 Å². The summed E-state index contributed by atoms with van der Waals surface area (Å²) in [4.78, 5) is 50.5. The van der Waals surface area contributed by atoms with E-state index >= 15 is 0 Å². The average Bonchev–Trinajstić information content (AvgIpc) is 3.79. The molecule has 12 heteroatoms. The summed E-state index contributed by atoms with van der Waals surface area (Å²) in [6, 6.07) is 14.6. The number of ether oxygens (including phenoxy) is 1. The van der Waals surface area contributed by atoms with Crippen molar-refractivity contribution < 1.29 is 24.2 Å². The van der Waals surface area contributed by atoms with Gasteiger partial charge in [0.1, 0.15) is 22.7 Å². The quantitative estimate of drug-likeness (QED) is 0.181. The number of amides is 3. The number of anilines is 3. The predicted octanol–water partition coefficient (Wildman–Crippen LogP) is 7.02.